The highest BCUT2D eigenvalue weighted by Crippen LogP contribution is 2.35. The van der Waals surface area contributed by atoms with Gasteiger partial charge in [-0.3, -0.25) is 0 Å². The first-order valence-corrected chi connectivity index (χ1v) is 6.99. The molecule has 19 heavy (non-hydrogen) atoms. The molecular formula is C14H14ClNO2S. The van der Waals surface area contributed by atoms with Crippen LogP contribution in [0.25, 0.3) is 11.3 Å². The van der Waals surface area contributed by atoms with Crippen molar-refractivity contribution < 1.29 is 9.90 Å². The number of carbonyl (C=O) groups is 1. The lowest BCUT2D eigenvalue weighted by atomic mass is 9.98. The molecule has 0 saturated heterocycles. The summed E-state index contributed by atoms with van der Waals surface area (Å²) < 4.78 is 0. The quantitative estimate of drug-likeness (QED) is 0.890. The van der Waals surface area contributed by atoms with Gasteiger partial charge in [-0.05, 0) is 12.1 Å². The lowest BCUT2D eigenvalue weighted by Gasteiger charge is -2.13. The van der Waals surface area contributed by atoms with Crippen molar-refractivity contribution in [2.24, 2.45) is 0 Å². The highest BCUT2D eigenvalue weighted by atomic mass is 35.5. The van der Waals surface area contributed by atoms with E-state index in [1.54, 1.807) is 18.2 Å². The second kappa shape index (κ2) is 4.94. The molecule has 2 rings (SSSR count). The third kappa shape index (κ3) is 2.96. The number of rotatable bonds is 2. The number of halogens is 1. The van der Waals surface area contributed by atoms with E-state index < -0.39 is 5.97 Å². The smallest absolute Gasteiger partial charge is 0.348 e. The topological polar surface area (TPSA) is 50.2 Å². The van der Waals surface area contributed by atoms with Gasteiger partial charge in [-0.15, -0.1) is 11.3 Å². The molecule has 0 spiro atoms. The van der Waals surface area contributed by atoms with Gasteiger partial charge in [0.25, 0.3) is 0 Å². The Morgan fingerprint density at radius 1 is 1.37 bits per heavy atom. The molecule has 0 unspecified atom stereocenters. The highest BCUT2D eigenvalue weighted by molar-refractivity contribution is 7.14. The van der Waals surface area contributed by atoms with Crippen LogP contribution < -0.4 is 0 Å². The summed E-state index contributed by atoms with van der Waals surface area (Å²) in [5.41, 5.74) is 1.05. The fourth-order valence-corrected chi connectivity index (χ4v) is 2.79. The summed E-state index contributed by atoms with van der Waals surface area (Å²) in [6.45, 7) is 6.04. The number of nitrogens with zero attached hydrogens (tertiary/aromatic N) is 1. The van der Waals surface area contributed by atoms with Gasteiger partial charge in [-0.2, -0.15) is 0 Å². The summed E-state index contributed by atoms with van der Waals surface area (Å²) in [5, 5.41) is 10.7. The van der Waals surface area contributed by atoms with E-state index in [1.807, 2.05) is 26.8 Å². The number of hydrogen-bond acceptors (Lipinski definition) is 3. The number of benzene rings is 1. The van der Waals surface area contributed by atoms with Crippen LogP contribution in [0.15, 0.2) is 24.3 Å². The minimum atomic E-state index is -0.956. The van der Waals surface area contributed by atoms with Crippen molar-refractivity contribution in [3.63, 3.8) is 0 Å². The van der Waals surface area contributed by atoms with Crippen molar-refractivity contribution in [3.05, 3.63) is 39.2 Å². The average molecular weight is 296 g/mol. The maximum Gasteiger partial charge on any atom is 0.348 e. The van der Waals surface area contributed by atoms with Crippen LogP contribution in [0.3, 0.4) is 0 Å². The van der Waals surface area contributed by atoms with E-state index >= 15 is 0 Å². The molecular weight excluding hydrogens is 282 g/mol. The van der Waals surface area contributed by atoms with Gasteiger partial charge in [-0.1, -0.05) is 44.5 Å². The van der Waals surface area contributed by atoms with Crippen LogP contribution in [-0.2, 0) is 5.41 Å². The fraction of sp³-hybridized carbons (Fsp3) is 0.286. The summed E-state index contributed by atoms with van der Waals surface area (Å²) in [7, 11) is 0. The van der Waals surface area contributed by atoms with E-state index in [0.717, 1.165) is 10.6 Å². The van der Waals surface area contributed by atoms with Crippen molar-refractivity contribution in [1.82, 2.24) is 4.98 Å². The van der Waals surface area contributed by atoms with Crippen molar-refractivity contribution in [1.29, 1.82) is 0 Å². The van der Waals surface area contributed by atoms with Crippen LogP contribution in [0.1, 0.15) is 35.5 Å². The zero-order valence-electron chi connectivity index (χ0n) is 10.9. The van der Waals surface area contributed by atoms with Crippen LogP contribution >= 0.6 is 22.9 Å². The molecule has 0 atom stereocenters. The van der Waals surface area contributed by atoms with Crippen LogP contribution in [-0.4, -0.2) is 16.1 Å². The molecule has 1 aromatic carbocycles. The highest BCUT2D eigenvalue weighted by Gasteiger charge is 2.25. The normalized spacial score (nSPS) is 11.6. The first kappa shape index (κ1) is 14.0. The van der Waals surface area contributed by atoms with Crippen molar-refractivity contribution in [3.8, 4) is 11.3 Å². The van der Waals surface area contributed by atoms with Crippen molar-refractivity contribution in [2.75, 3.05) is 0 Å². The van der Waals surface area contributed by atoms with Gasteiger partial charge in [0.2, 0.25) is 0 Å². The molecule has 0 saturated carbocycles. The van der Waals surface area contributed by atoms with E-state index in [9.17, 15) is 9.90 Å². The molecule has 0 bridgehead atoms. The Labute approximate surface area is 120 Å². The molecule has 1 aromatic heterocycles. The van der Waals surface area contributed by atoms with E-state index in [0.29, 0.717) is 10.7 Å². The number of aromatic nitrogens is 1. The predicted octanol–water partition coefficient (Wildman–Crippen LogP) is 4.46. The standard InChI is InChI=1S/C14H14ClNO2S/c1-14(2,3)13-16-10(11(19-13)12(17)18)8-5-4-6-9(15)7-8/h4-7H,1-3H3,(H,17,18). The minimum Gasteiger partial charge on any atom is -0.477 e. The van der Waals surface area contributed by atoms with E-state index in [-0.39, 0.29) is 10.3 Å². The summed E-state index contributed by atoms with van der Waals surface area (Å²) in [5.74, 6) is -0.956. The molecule has 0 aliphatic heterocycles. The first-order valence-electron chi connectivity index (χ1n) is 5.79. The number of hydrogen-bond donors (Lipinski definition) is 1. The number of carboxylic acid groups (broad SMARTS) is 1. The molecule has 3 nitrogen and oxygen atoms in total. The van der Waals surface area contributed by atoms with E-state index in [4.69, 9.17) is 11.6 Å². The summed E-state index contributed by atoms with van der Waals surface area (Å²) in [6, 6.07) is 7.09. The average Bonchev–Trinajstić information content (AvgIpc) is 2.73. The number of aromatic carboxylic acids is 1. The molecule has 2 aromatic rings. The monoisotopic (exact) mass is 295 g/mol. The molecule has 1 heterocycles. The van der Waals surface area contributed by atoms with E-state index in [1.165, 1.54) is 11.3 Å². The van der Waals surface area contributed by atoms with Crippen molar-refractivity contribution in [2.45, 2.75) is 26.2 Å². The largest absolute Gasteiger partial charge is 0.477 e. The Bertz CT molecular complexity index is 629. The first-order chi connectivity index (χ1) is 8.79. The van der Waals surface area contributed by atoms with Gasteiger partial charge in [-0.25, -0.2) is 9.78 Å². The maximum absolute atomic E-state index is 11.4. The Kier molecular flexibility index (Phi) is 3.65. The van der Waals surface area contributed by atoms with E-state index in [2.05, 4.69) is 4.98 Å². The summed E-state index contributed by atoms with van der Waals surface area (Å²) in [6.07, 6.45) is 0. The Hall–Kier alpha value is -1.39. The van der Waals surface area contributed by atoms with Crippen LogP contribution in [0.4, 0.5) is 0 Å². The van der Waals surface area contributed by atoms with Gasteiger partial charge in [0.05, 0.1) is 10.7 Å². The fourth-order valence-electron chi connectivity index (χ4n) is 1.62. The molecule has 0 amide bonds. The van der Waals surface area contributed by atoms with Gasteiger partial charge < -0.3 is 5.11 Å². The van der Waals surface area contributed by atoms with Crippen LogP contribution in [0.2, 0.25) is 5.02 Å². The van der Waals surface area contributed by atoms with Gasteiger partial charge in [0, 0.05) is 16.0 Å². The molecule has 5 heteroatoms. The van der Waals surface area contributed by atoms with Gasteiger partial charge in [0.1, 0.15) is 4.88 Å². The third-order valence-corrected chi connectivity index (χ3v) is 4.27. The van der Waals surface area contributed by atoms with Crippen LogP contribution in [0, 0.1) is 0 Å². The van der Waals surface area contributed by atoms with Gasteiger partial charge in [0.15, 0.2) is 0 Å². The van der Waals surface area contributed by atoms with Crippen molar-refractivity contribution >= 4 is 28.9 Å². The minimum absolute atomic E-state index is 0.175. The zero-order valence-corrected chi connectivity index (χ0v) is 12.5. The molecule has 0 radical (unpaired) electrons. The molecule has 0 fully saturated rings. The third-order valence-electron chi connectivity index (χ3n) is 2.56. The van der Waals surface area contributed by atoms with Crippen LogP contribution in [0.5, 0.6) is 0 Å². The predicted molar refractivity (Wildman–Crippen MR) is 78.2 cm³/mol. The van der Waals surface area contributed by atoms with Gasteiger partial charge >= 0.3 is 5.97 Å². The second-order valence-electron chi connectivity index (χ2n) is 5.26. The summed E-state index contributed by atoms with van der Waals surface area (Å²) in [4.78, 5) is 16.1. The molecule has 0 aliphatic carbocycles. The summed E-state index contributed by atoms with van der Waals surface area (Å²) >= 11 is 7.17. The molecule has 1 N–H and O–H groups in total. The maximum atomic E-state index is 11.4. The SMILES string of the molecule is CC(C)(C)c1nc(-c2cccc(Cl)c2)c(C(=O)O)s1. The Morgan fingerprint density at radius 2 is 2.05 bits per heavy atom. The lowest BCUT2D eigenvalue weighted by Crippen LogP contribution is -2.10. The zero-order chi connectivity index (χ0) is 14.2. The number of carboxylic acids is 1. The Balaban J connectivity index is 2.62. The Morgan fingerprint density at radius 3 is 2.58 bits per heavy atom. The lowest BCUT2D eigenvalue weighted by molar-refractivity contribution is 0.0702. The number of thiazole rings is 1. The molecule has 0 aliphatic rings. The second-order valence-corrected chi connectivity index (χ2v) is 6.70. The molecule has 100 valence electrons.